The van der Waals surface area contributed by atoms with Crippen LogP contribution in [0.3, 0.4) is 0 Å². The zero-order valence-corrected chi connectivity index (χ0v) is 9.71. The Morgan fingerprint density at radius 3 is 2.44 bits per heavy atom. The molecule has 18 heavy (non-hydrogen) atoms. The van der Waals surface area contributed by atoms with Crippen LogP contribution in [0, 0.1) is 11.6 Å². The zero-order valence-electron chi connectivity index (χ0n) is 9.71. The molecule has 2 aromatic carbocycles. The molecule has 0 heterocycles. The van der Waals surface area contributed by atoms with Crippen molar-refractivity contribution in [1.29, 1.82) is 0 Å². The summed E-state index contributed by atoms with van der Waals surface area (Å²) in [7, 11) is 1.35. The summed E-state index contributed by atoms with van der Waals surface area (Å²) >= 11 is 0. The summed E-state index contributed by atoms with van der Waals surface area (Å²) in [6, 6.07) is 8.65. The van der Waals surface area contributed by atoms with Gasteiger partial charge in [-0.15, -0.1) is 0 Å². The Hall–Kier alpha value is -2.30. The Kier molecular flexibility index (Phi) is 3.32. The fourth-order valence-electron chi connectivity index (χ4n) is 1.54. The number of nitrogen functional groups attached to an aromatic ring is 1. The summed E-state index contributed by atoms with van der Waals surface area (Å²) in [6.45, 7) is 0. The van der Waals surface area contributed by atoms with E-state index in [1.807, 2.05) is 0 Å². The lowest BCUT2D eigenvalue weighted by molar-refractivity contribution is 0.387. The van der Waals surface area contributed by atoms with E-state index in [0.29, 0.717) is 5.69 Å². The minimum atomic E-state index is -0.561. The smallest absolute Gasteiger partial charge is 0.167 e. The highest BCUT2D eigenvalue weighted by molar-refractivity contribution is 5.74. The molecular formula is C13H12F2N2O. The van der Waals surface area contributed by atoms with E-state index in [4.69, 9.17) is 10.5 Å². The molecule has 0 spiro atoms. The predicted octanol–water partition coefficient (Wildman–Crippen LogP) is 3.30. The average molecular weight is 250 g/mol. The standard InChI is InChI=1S/C13H12F2N2O/c1-18-13-7-12(10(16)6-9(13)15)17-11-5-3-2-4-8(11)14/h2-7,17H,16H2,1H3. The molecule has 2 rings (SSSR count). The molecular weight excluding hydrogens is 238 g/mol. The van der Waals surface area contributed by atoms with Crippen molar-refractivity contribution in [1.82, 2.24) is 0 Å². The summed E-state index contributed by atoms with van der Waals surface area (Å²) in [5.74, 6) is -0.933. The Labute approximate surface area is 103 Å². The van der Waals surface area contributed by atoms with E-state index in [1.54, 1.807) is 18.2 Å². The van der Waals surface area contributed by atoms with Crippen LogP contribution in [0.5, 0.6) is 5.75 Å². The van der Waals surface area contributed by atoms with E-state index in [-0.39, 0.29) is 17.1 Å². The maximum atomic E-state index is 13.5. The van der Waals surface area contributed by atoms with E-state index >= 15 is 0 Å². The lowest BCUT2D eigenvalue weighted by Gasteiger charge is -2.12. The van der Waals surface area contributed by atoms with Crippen molar-refractivity contribution < 1.29 is 13.5 Å². The number of rotatable bonds is 3. The van der Waals surface area contributed by atoms with Gasteiger partial charge in [0.25, 0.3) is 0 Å². The monoisotopic (exact) mass is 250 g/mol. The highest BCUT2D eigenvalue weighted by atomic mass is 19.1. The second kappa shape index (κ2) is 4.91. The van der Waals surface area contributed by atoms with E-state index < -0.39 is 11.6 Å². The highest BCUT2D eigenvalue weighted by Crippen LogP contribution is 2.30. The maximum absolute atomic E-state index is 13.5. The van der Waals surface area contributed by atoms with Crippen molar-refractivity contribution in [2.24, 2.45) is 0 Å². The molecule has 0 amide bonds. The van der Waals surface area contributed by atoms with E-state index in [1.165, 1.54) is 19.2 Å². The molecule has 0 unspecified atom stereocenters. The van der Waals surface area contributed by atoms with Crippen molar-refractivity contribution in [2.75, 3.05) is 18.2 Å². The molecule has 0 atom stereocenters. The number of nitrogens with two attached hydrogens (primary N) is 1. The molecule has 0 fully saturated rings. The molecule has 0 aliphatic carbocycles. The first kappa shape index (κ1) is 12.2. The van der Waals surface area contributed by atoms with Crippen LogP contribution < -0.4 is 15.8 Å². The number of hydrogen-bond donors (Lipinski definition) is 2. The number of anilines is 3. The molecule has 0 aliphatic rings. The molecule has 94 valence electrons. The van der Waals surface area contributed by atoms with Gasteiger partial charge in [0, 0.05) is 12.1 Å². The number of hydrogen-bond acceptors (Lipinski definition) is 3. The van der Waals surface area contributed by atoms with Crippen LogP contribution in [0.4, 0.5) is 25.8 Å². The van der Waals surface area contributed by atoms with Gasteiger partial charge in [-0.3, -0.25) is 0 Å². The quantitative estimate of drug-likeness (QED) is 0.822. The fourth-order valence-corrected chi connectivity index (χ4v) is 1.54. The van der Waals surface area contributed by atoms with Gasteiger partial charge in [0.05, 0.1) is 24.2 Å². The molecule has 0 saturated carbocycles. The first-order chi connectivity index (χ1) is 8.61. The number of para-hydroxylation sites is 1. The summed E-state index contributed by atoms with van der Waals surface area (Å²) < 4.78 is 31.6. The van der Waals surface area contributed by atoms with Crippen LogP contribution in [0.2, 0.25) is 0 Å². The van der Waals surface area contributed by atoms with Gasteiger partial charge < -0.3 is 15.8 Å². The number of methoxy groups -OCH3 is 1. The second-order valence-corrected chi connectivity index (χ2v) is 3.68. The molecule has 3 N–H and O–H groups in total. The Bertz CT molecular complexity index is 573. The minimum absolute atomic E-state index is 0.0445. The Balaban J connectivity index is 2.38. The van der Waals surface area contributed by atoms with Crippen molar-refractivity contribution in [3.05, 3.63) is 48.0 Å². The molecule has 0 bridgehead atoms. The predicted molar refractivity (Wildman–Crippen MR) is 67.0 cm³/mol. The lowest BCUT2D eigenvalue weighted by Crippen LogP contribution is -2.00. The Morgan fingerprint density at radius 2 is 1.78 bits per heavy atom. The van der Waals surface area contributed by atoms with Crippen molar-refractivity contribution in [2.45, 2.75) is 0 Å². The molecule has 0 aliphatic heterocycles. The van der Waals surface area contributed by atoms with Gasteiger partial charge in [0.15, 0.2) is 11.6 Å². The van der Waals surface area contributed by atoms with Gasteiger partial charge in [-0.2, -0.15) is 0 Å². The molecule has 5 heteroatoms. The molecule has 3 nitrogen and oxygen atoms in total. The SMILES string of the molecule is COc1cc(Nc2ccccc2F)c(N)cc1F. The van der Waals surface area contributed by atoms with Gasteiger partial charge in [-0.25, -0.2) is 8.78 Å². The van der Waals surface area contributed by atoms with Gasteiger partial charge >= 0.3 is 0 Å². The van der Waals surface area contributed by atoms with Crippen LogP contribution >= 0.6 is 0 Å². The number of ether oxygens (including phenoxy) is 1. The summed E-state index contributed by atoms with van der Waals surface area (Å²) in [5, 5.41) is 2.80. The van der Waals surface area contributed by atoms with E-state index in [2.05, 4.69) is 5.32 Å². The van der Waals surface area contributed by atoms with E-state index in [0.717, 1.165) is 6.07 Å². The third kappa shape index (κ3) is 2.34. The number of halogens is 2. The van der Waals surface area contributed by atoms with Gasteiger partial charge in [-0.1, -0.05) is 12.1 Å². The van der Waals surface area contributed by atoms with Crippen molar-refractivity contribution in [3.63, 3.8) is 0 Å². The first-order valence-corrected chi connectivity index (χ1v) is 5.26. The second-order valence-electron chi connectivity index (χ2n) is 3.68. The maximum Gasteiger partial charge on any atom is 0.167 e. The largest absolute Gasteiger partial charge is 0.494 e. The van der Waals surface area contributed by atoms with Gasteiger partial charge in [0.1, 0.15) is 5.82 Å². The van der Waals surface area contributed by atoms with Crippen LogP contribution in [-0.4, -0.2) is 7.11 Å². The van der Waals surface area contributed by atoms with Crippen LogP contribution in [0.15, 0.2) is 36.4 Å². The third-order valence-corrected chi connectivity index (χ3v) is 2.47. The number of benzene rings is 2. The van der Waals surface area contributed by atoms with Crippen molar-refractivity contribution in [3.8, 4) is 5.75 Å². The molecule has 2 aromatic rings. The van der Waals surface area contributed by atoms with E-state index in [9.17, 15) is 8.78 Å². The molecule has 0 radical (unpaired) electrons. The average Bonchev–Trinajstić information content (AvgIpc) is 2.35. The lowest BCUT2D eigenvalue weighted by atomic mass is 10.2. The van der Waals surface area contributed by atoms with Crippen LogP contribution in [0.25, 0.3) is 0 Å². The highest BCUT2D eigenvalue weighted by Gasteiger charge is 2.09. The molecule has 0 aromatic heterocycles. The fraction of sp³-hybridized carbons (Fsp3) is 0.0769. The molecule has 0 saturated heterocycles. The Morgan fingerprint density at radius 1 is 1.06 bits per heavy atom. The summed E-state index contributed by atoms with van der Waals surface area (Å²) in [4.78, 5) is 0. The topological polar surface area (TPSA) is 47.3 Å². The summed E-state index contributed by atoms with van der Waals surface area (Å²) in [6.07, 6.45) is 0. The third-order valence-electron chi connectivity index (χ3n) is 2.47. The zero-order chi connectivity index (χ0) is 13.1. The van der Waals surface area contributed by atoms with Gasteiger partial charge in [-0.05, 0) is 12.1 Å². The minimum Gasteiger partial charge on any atom is -0.494 e. The number of nitrogens with one attached hydrogen (secondary N) is 1. The van der Waals surface area contributed by atoms with Crippen molar-refractivity contribution >= 4 is 17.1 Å². The van der Waals surface area contributed by atoms with Gasteiger partial charge in [0.2, 0.25) is 0 Å². The first-order valence-electron chi connectivity index (χ1n) is 5.26. The summed E-state index contributed by atoms with van der Waals surface area (Å²) in [5.41, 5.74) is 6.49. The normalized spacial score (nSPS) is 10.2. The van der Waals surface area contributed by atoms with Crippen LogP contribution in [0.1, 0.15) is 0 Å². The van der Waals surface area contributed by atoms with Crippen LogP contribution in [-0.2, 0) is 0 Å².